The number of carbonyl (C=O) groups excluding carboxylic acids is 1. The molecule has 3 heterocycles. The van der Waals surface area contributed by atoms with E-state index in [-0.39, 0.29) is 11.8 Å². The van der Waals surface area contributed by atoms with Crippen molar-refractivity contribution in [2.75, 3.05) is 20.2 Å². The van der Waals surface area contributed by atoms with Crippen LogP contribution < -0.4 is 4.74 Å². The zero-order valence-corrected chi connectivity index (χ0v) is 16.6. The average molecular weight is 387 g/mol. The maximum absolute atomic E-state index is 12.8. The number of pyridine rings is 2. The first kappa shape index (κ1) is 19.1. The van der Waals surface area contributed by atoms with Crippen molar-refractivity contribution in [3.8, 4) is 5.75 Å². The third-order valence-electron chi connectivity index (χ3n) is 5.45. The van der Waals surface area contributed by atoms with Crippen LogP contribution in [0.1, 0.15) is 46.1 Å². The Morgan fingerprint density at radius 3 is 2.76 bits per heavy atom. The van der Waals surface area contributed by atoms with Gasteiger partial charge in [0.2, 0.25) is 0 Å². The van der Waals surface area contributed by atoms with Crippen LogP contribution in [0.25, 0.3) is 0 Å². The molecule has 0 unspecified atom stereocenters. The number of hydrogen-bond donors (Lipinski definition) is 0. The Balaban J connectivity index is 1.50. The number of likely N-dealkylation sites (tertiary alicyclic amines) is 1. The van der Waals surface area contributed by atoms with E-state index in [1.807, 2.05) is 23.1 Å². The average Bonchev–Trinajstić information content (AvgIpc) is 2.80. The number of rotatable bonds is 5. The van der Waals surface area contributed by atoms with Crippen LogP contribution in [0.15, 0.2) is 67.0 Å². The number of carbonyl (C=O) groups is 1. The fraction of sp³-hybridized carbons (Fsp3) is 0.292. The Morgan fingerprint density at radius 2 is 1.93 bits per heavy atom. The van der Waals surface area contributed by atoms with Crippen molar-refractivity contribution in [1.82, 2.24) is 14.9 Å². The zero-order chi connectivity index (χ0) is 20.1. The lowest BCUT2D eigenvalue weighted by atomic mass is 9.93. The van der Waals surface area contributed by atoms with Crippen molar-refractivity contribution in [3.05, 3.63) is 89.5 Å². The summed E-state index contributed by atoms with van der Waals surface area (Å²) in [5, 5.41) is 0. The van der Waals surface area contributed by atoms with Crippen LogP contribution in [0.5, 0.6) is 5.75 Å². The van der Waals surface area contributed by atoms with Gasteiger partial charge in [-0.1, -0.05) is 24.3 Å². The number of ether oxygens (including phenoxy) is 1. The summed E-state index contributed by atoms with van der Waals surface area (Å²) in [5.74, 6) is 1.21. The minimum Gasteiger partial charge on any atom is -0.496 e. The predicted octanol–water partition coefficient (Wildman–Crippen LogP) is 4.10. The van der Waals surface area contributed by atoms with Gasteiger partial charge < -0.3 is 9.64 Å². The maximum atomic E-state index is 12.8. The van der Waals surface area contributed by atoms with E-state index in [0.717, 1.165) is 48.5 Å². The van der Waals surface area contributed by atoms with Crippen LogP contribution in [0.4, 0.5) is 0 Å². The highest BCUT2D eigenvalue weighted by Gasteiger charge is 2.26. The summed E-state index contributed by atoms with van der Waals surface area (Å²) in [5.41, 5.74) is 3.89. The highest BCUT2D eigenvalue weighted by atomic mass is 16.5. The lowest BCUT2D eigenvalue weighted by Crippen LogP contribution is -2.39. The number of aromatic nitrogens is 2. The third kappa shape index (κ3) is 4.45. The molecule has 1 atom stereocenters. The summed E-state index contributed by atoms with van der Waals surface area (Å²) < 4.78 is 5.47. The van der Waals surface area contributed by atoms with Crippen LogP contribution >= 0.6 is 0 Å². The molecule has 5 nitrogen and oxygen atoms in total. The van der Waals surface area contributed by atoms with Crippen LogP contribution in [0.2, 0.25) is 0 Å². The lowest BCUT2D eigenvalue weighted by Gasteiger charge is -2.32. The van der Waals surface area contributed by atoms with Gasteiger partial charge in [-0.25, -0.2) is 0 Å². The van der Waals surface area contributed by atoms with E-state index in [4.69, 9.17) is 9.72 Å². The quantitative estimate of drug-likeness (QED) is 0.662. The van der Waals surface area contributed by atoms with Gasteiger partial charge in [-0.3, -0.25) is 14.8 Å². The minimum atomic E-state index is 0.0716. The fourth-order valence-corrected chi connectivity index (χ4v) is 3.95. The normalized spacial score (nSPS) is 16.4. The molecule has 3 aromatic rings. The first-order valence-electron chi connectivity index (χ1n) is 10.0. The molecule has 29 heavy (non-hydrogen) atoms. The van der Waals surface area contributed by atoms with Gasteiger partial charge in [0.1, 0.15) is 5.75 Å². The van der Waals surface area contributed by atoms with Gasteiger partial charge in [-0.2, -0.15) is 0 Å². The van der Waals surface area contributed by atoms with Gasteiger partial charge in [0.15, 0.2) is 0 Å². The summed E-state index contributed by atoms with van der Waals surface area (Å²) in [6.07, 6.45) is 6.09. The zero-order valence-electron chi connectivity index (χ0n) is 16.6. The number of piperidine rings is 1. The Hall–Kier alpha value is -3.21. The summed E-state index contributed by atoms with van der Waals surface area (Å²) in [6, 6.07) is 17.8. The summed E-state index contributed by atoms with van der Waals surface area (Å²) in [7, 11) is 1.69. The molecule has 0 spiro atoms. The Morgan fingerprint density at radius 1 is 1.10 bits per heavy atom. The van der Waals surface area contributed by atoms with Gasteiger partial charge in [0, 0.05) is 60.3 Å². The second-order valence-electron chi connectivity index (χ2n) is 7.37. The monoisotopic (exact) mass is 387 g/mol. The van der Waals surface area contributed by atoms with Crippen molar-refractivity contribution in [1.29, 1.82) is 0 Å². The van der Waals surface area contributed by atoms with E-state index in [1.54, 1.807) is 31.6 Å². The third-order valence-corrected chi connectivity index (χ3v) is 5.45. The Bertz CT molecular complexity index is 975. The molecule has 1 aliphatic rings. The topological polar surface area (TPSA) is 55.3 Å². The molecule has 4 rings (SSSR count). The van der Waals surface area contributed by atoms with E-state index in [0.29, 0.717) is 12.1 Å². The van der Waals surface area contributed by atoms with Crippen molar-refractivity contribution < 1.29 is 9.53 Å². The standard InChI is InChI=1S/C24H25N3O2/c1-29-23-10-3-2-6-19(23)16-21-8-4-9-22(26-21)20-7-5-15-27(17-20)24(28)18-11-13-25-14-12-18/h2-4,6,8-14,20H,5,7,15-17H2,1H3/t20-/m1/s1. The van der Waals surface area contributed by atoms with Crippen LogP contribution in [-0.4, -0.2) is 41.0 Å². The lowest BCUT2D eigenvalue weighted by molar-refractivity contribution is 0.0705. The Kier molecular flexibility index (Phi) is 5.84. The fourth-order valence-electron chi connectivity index (χ4n) is 3.95. The molecule has 148 valence electrons. The van der Waals surface area contributed by atoms with Gasteiger partial charge in [0.25, 0.3) is 5.91 Å². The molecule has 0 radical (unpaired) electrons. The molecule has 0 bridgehead atoms. The molecule has 0 aliphatic carbocycles. The molecule has 1 aromatic carbocycles. The highest BCUT2D eigenvalue weighted by molar-refractivity contribution is 5.94. The van der Waals surface area contributed by atoms with Crippen LogP contribution in [0, 0.1) is 0 Å². The second kappa shape index (κ2) is 8.86. The van der Waals surface area contributed by atoms with Crippen LogP contribution in [-0.2, 0) is 6.42 Å². The largest absolute Gasteiger partial charge is 0.496 e. The first-order valence-corrected chi connectivity index (χ1v) is 10.0. The molecule has 0 N–H and O–H groups in total. The summed E-state index contributed by atoms with van der Waals surface area (Å²) in [6.45, 7) is 1.49. The second-order valence-corrected chi connectivity index (χ2v) is 7.37. The van der Waals surface area contributed by atoms with Crippen LogP contribution in [0.3, 0.4) is 0 Å². The molecule has 2 aromatic heterocycles. The van der Waals surface area contributed by atoms with Gasteiger partial charge in [-0.05, 0) is 43.2 Å². The Labute approximate surface area is 171 Å². The van der Waals surface area contributed by atoms with Gasteiger partial charge in [0.05, 0.1) is 7.11 Å². The number of para-hydroxylation sites is 1. The predicted molar refractivity (Wildman–Crippen MR) is 112 cm³/mol. The van der Waals surface area contributed by atoms with Crippen molar-refractivity contribution in [2.45, 2.75) is 25.2 Å². The van der Waals surface area contributed by atoms with E-state index in [9.17, 15) is 4.79 Å². The number of nitrogens with zero attached hydrogens (tertiary/aromatic N) is 3. The number of hydrogen-bond acceptors (Lipinski definition) is 4. The van der Waals surface area contributed by atoms with Crippen molar-refractivity contribution >= 4 is 5.91 Å². The summed E-state index contributed by atoms with van der Waals surface area (Å²) >= 11 is 0. The molecule has 1 saturated heterocycles. The first-order chi connectivity index (χ1) is 14.2. The summed E-state index contributed by atoms with van der Waals surface area (Å²) in [4.78, 5) is 23.7. The minimum absolute atomic E-state index is 0.0716. The molecule has 1 fully saturated rings. The van der Waals surface area contributed by atoms with Gasteiger partial charge >= 0.3 is 0 Å². The number of methoxy groups -OCH3 is 1. The molecular formula is C24H25N3O2. The number of benzene rings is 1. The van der Waals surface area contributed by atoms with Crippen molar-refractivity contribution in [2.24, 2.45) is 0 Å². The highest BCUT2D eigenvalue weighted by Crippen LogP contribution is 2.27. The maximum Gasteiger partial charge on any atom is 0.253 e. The van der Waals surface area contributed by atoms with E-state index < -0.39 is 0 Å². The SMILES string of the molecule is COc1ccccc1Cc1cccc([C@@H]2CCCN(C(=O)c3ccncc3)C2)n1. The van der Waals surface area contributed by atoms with E-state index >= 15 is 0 Å². The molecule has 5 heteroatoms. The molecule has 1 aliphatic heterocycles. The molecule has 0 saturated carbocycles. The van der Waals surface area contributed by atoms with E-state index in [2.05, 4.69) is 29.2 Å². The molecule has 1 amide bonds. The molecular weight excluding hydrogens is 362 g/mol. The number of amides is 1. The van der Waals surface area contributed by atoms with Gasteiger partial charge in [-0.15, -0.1) is 0 Å². The smallest absolute Gasteiger partial charge is 0.253 e. The van der Waals surface area contributed by atoms with Crippen molar-refractivity contribution in [3.63, 3.8) is 0 Å². The van der Waals surface area contributed by atoms with E-state index in [1.165, 1.54) is 0 Å².